The summed E-state index contributed by atoms with van der Waals surface area (Å²) in [5.74, 6) is 0.319. The van der Waals surface area contributed by atoms with E-state index in [1.807, 2.05) is 0 Å². The van der Waals surface area contributed by atoms with E-state index in [0.29, 0.717) is 11.4 Å². The molecule has 0 aromatic rings. The number of nitrogens with two attached hydrogens (primary N) is 1. The van der Waals surface area contributed by atoms with Crippen LogP contribution in [0.15, 0.2) is 17.1 Å². The van der Waals surface area contributed by atoms with Gasteiger partial charge < -0.3 is 5.73 Å². The molecule has 3 N–H and O–H groups in total. The third-order valence-electron chi connectivity index (χ3n) is 0.641. The van der Waals surface area contributed by atoms with Crippen LogP contribution in [-0.2, 0) is 0 Å². The maximum Gasteiger partial charge on any atom is 0.127 e. The van der Waals surface area contributed by atoms with E-state index in [9.17, 15) is 0 Å². The molecule has 44 valence electrons. The van der Waals surface area contributed by atoms with Crippen LogP contribution in [0.2, 0.25) is 0 Å². The second-order valence-electron chi connectivity index (χ2n) is 1.42. The zero-order chi connectivity index (χ0) is 6.57. The van der Waals surface area contributed by atoms with Crippen LogP contribution in [0.25, 0.3) is 0 Å². The van der Waals surface area contributed by atoms with Crippen molar-refractivity contribution in [3.05, 3.63) is 12.2 Å². The Morgan fingerprint density at radius 1 is 1.88 bits per heavy atom. The largest absolute Gasteiger partial charge is 0.383 e. The molecule has 0 heterocycles. The van der Waals surface area contributed by atoms with Crippen LogP contribution >= 0.6 is 0 Å². The topological polar surface area (TPSA) is 62.2 Å². The van der Waals surface area contributed by atoms with E-state index in [1.54, 1.807) is 6.92 Å². The van der Waals surface area contributed by atoms with Crippen LogP contribution in [0.1, 0.15) is 6.92 Å². The van der Waals surface area contributed by atoms with Gasteiger partial charge in [-0.15, -0.1) is 0 Å². The molecule has 0 aliphatic carbocycles. The Kier molecular flexibility index (Phi) is 2.54. The van der Waals surface area contributed by atoms with Crippen LogP contribution in [-0.4, -0.2) is 12.2 Å². The first-order valence-electron chi connectivity index (χ1n) is 2.16. The molecular formula is C5H9N3. The molecule has 0 aromatic carbocycles. The Labute approximate surface area is 48.4 Å². The predicted molar refractivity (Wildman–Crippen MR) is 35.2 cm³/mol. The Hall–Kier alpha value is -1.12. The minimum absolute atomic E-state index is 0.319. The summed E-state index contributed by atoms with van der Waals surface area (Å²) in [6.45, 7) is 5.25. The normalized spacial score (nSPS) is 10.9. The third-order valence-corrected chi connectivity index (χ3v) is 0.641. The minimum Gasteiger partial charge on any atom is -0.383 e. The second-order valence-corrected chi connectivity index (χ2v) is 1.42. The van der Waals surface area contributed by atoms with Crippen LogP contribution in [0, 0.1) is 5.41 Å². The van der Waals surface area contributed by atoms with E-state index >= 15 is 0 Å². The summed E-state index contributed by atoms with van der Waals surface area (Å²) in [5.41, 5.74) is 5.91. The molecule has 3 heteroatoms. The molecule has 0 amide bonds. The molecule has 0 aliphatic heterocycles. The quantitative estimate of drug-likeness (QED) is 0.396. The molecule has 0 aromatic heterocycles. The van der Waals surface area contributed by atoms with Crippen molar-refractivity contribution in [3.8, 4) is 0 Å². The molecule has 8 heavy (non-hydrogen) atoms. The summed E-state index contributed by atoms with van der Waals surface area (Å²) < 4.78 is 0. The van der Waals surface area contributed by atoms with Gasteiger partial charge in [0.15, 0.2) is 0 Å². The van der Waals surface area contributed by atoms with Crippen LogP contribution in [0.3, 0.4) is 0 Å². The minimum atomic E-state index is 0.319. The highest BCUT2D eigenvalue weighted by Crippen LogP contribution is 1.83. The van der Waals surface area contributed by atoms with Gasteiger partial charge >= 0.3 is 0 Å². The van der Waals surface area contributed by atoms with E-state index in [0.717, 1.165) is 6.34 Å². The van der Waals surface area contributed by atoms with E-state index < -0.39 is 0 Å². The van der Waals surface area contributed by atoms with Gasteiger partial charge in [-0.3, -0.25) is 5.41 Å². The molecule has 0 saturated carbocycles. The van der Waals surface area contributed by atoms with Gasteiger partial charge in [0.05, 0.1) is 0 Å². The Morgan fingerprint density at radius 3 is 2.50 bits per heavy atom. The molecule has 0 fully saturated rings. The first kappa shape index (κ1) is 6.88. The molecule has 0 unspecified atom stereocenters. The summed E-state index contributed by atoms with van der Waals surface area (Å²) in [6.07, 6.45) is 0.893. The summed E-state index contributed by atoms with van der Waals surface area (Å²) in [6, 6.07) is 0. The van der Waals surface area contributed by atoms with Gasteiger partial charge in [-0.05, 0) is 12.5 Å². The number of rotatable bonds is 2. The zero-order valence-corrected chi connectivity index (χ0v) is 4.81. The first-order valence-corrected chi connectivity index (χ1v) is 2.16. The number of nitrogens with zero attached hydrogens (tertiary/aromatic N) is 1. The van der Waals surface area contributed by atoms with Crippen molar-refractivity contribution in [2.45, 2.75) is 6.92 Å². The SMILES string of the molecule is C=C(C)C(N)=NC=N. The third kappa shape index (κ3) is 2.12. The molecule has 0 saturated heterocycles. The standard InChI is InChI=1S/C5H9N3/c1-4(2)5(7)8-3-6/h3H,1H2,2H3,(H3,6,7,8). The van der Waals surface area contributed by atoms with Crippen molar-refractivity contribution in [2.24, 2.45) is 10.7 Å². The van der Waals surface area contributed by atoms with E-state index in [2.05, 4.69) is 11.6 Å². The molecule has 0 spiro atoms. The van der Waals surface area contributed by atoms with Crippen molar-refractivity contribution in [1.82, 2.24) is 0 Å². The lowest BCUT2D eigenvalue weighted by molar-refractivity contribution is 1.46. The smallest absolute Gasteiger partial charge is 0.127 e. The van der Waals surface area contributed by atoms with Gasteiger partial charge in [0.1, 0.15) is 12.2 Å². The Bertz CT molecular complexity index is 135. The van der Waals surface area contributed by atoms with Crippen molar-refractivity contribution >= 4 is 12.2 Å². The molecule has 0 atom stereocenters. The van der Waals surface area contributed by atoms with E-state index in [-0.39, 0.29) is 0 Å². The van der Waals surface area contributed by atoms with Crippen molar-refractivity contribution < 1.29 is 0 Å². The lowest BCUT2D eigenvalue weighted by Crippen LogP contribution is -2.11. The highest BCUT2D eigenvalue weighted by atomic mass is 14.9. The van der Waals surface area contributed by atoms with Gasteiger partial charge in [0.25, 0.3) is 0 Å². The molecule has 0 bridgehead atoms. The number of aliphatic imine (C=N–C) groups is 1. The van der Waals surface area contributed by atoms with Gasteiger partial charge in [0, 0.05) is 0 Å². The Morgan fingerprint density at radius 2 is 2.38 bits per heavy atom. The van der Waals surface area contributed by atoms with Gasteiger partial charge in [0.2, 0.25) is 0 Å². The average molecular weight is 111 g/mol. The van der Waals surface area contributed by atoms with Gasteiger partial charge in [-0.1, -0.05) is 6.58 Å². The lowest BCUT2D eigenvalue weighted by atomic mass is 10.3. The summed E-state index contributed by atoms with van der Waals surface area (Å²) >= 11 is 0. The molecular weight excluding hydrogens is 102 g/mol. The maximum absolute atomic E-state index is 6.49. The fourth-order valence-electron chi connectivity index (χ4n) is 0.180. The maximum atomic E-state index is 6.49. The van der Waals surface area contributed by atoms with Gasteiger partial charge in [-0.25, -0.2) is 4.99 Å². The fraction of sp³-hybridized carbons (Fsp3) is 0.200. The number of hydrogen-bond acceptors (Lipinski definition) is 1. The average Bonchev–Trinajstić information content (AvgIpc) is 1.67. The van der Waals surface area contributed by atoms with Crippen molar-refractivity contribution in [1.29, 1.82) is 5.41 Å². The second kappa shape index (κ2) is 2.96. The first-order chi connectivity index (χ1) is 3.68. The summed E-state index contributed by atoms with van der Waals surface area (Å²) in [7, 11) is 0. The molecule has 0 aliphatic rings. The highest BCUT2D eigenvalue weighted by Gasteiger charge is 1.86. The van der Waals surface area contributed by atoms with Crippen LogP contribution < -0.4 is 5.73 Å². The van der Waals surface area contributed by atoms with Crippen molar-refractivity contribution in [2.75, 3.05) is 0 Å². The summed E-state index contributed by atoms with van der Waals surface area (Å²) in [4.78, 5) is 3.46. The predicted octanol–water partition coefficient (Wildman–Crippen LogP) is 0.527. The van der Waals surface area contributed by atoms with E-state index in [4.69, 9.17) is 11.1 Å². The van der Waals surface area contributed by atoms with Crippen LogP contribution in [0.4, 0.5) is 0 Å². The lowest BCUT2D eigenvalue weighted by Gasteiger charge is -1.91. The molecule has 0 rings (SSSR count). The summed E-state index contributed by atoms with van der Waals surface area (Å²) in [5, 5.41) is 6.49. The van der Waals surface area contributed by atoms with Crippen molar-refractivity contribution in [3.63, 3.8) is 0 Å². The number of nitrogens with one attached hydrogen (secondary N) is 1. The van der Waals surface area contributed by atoms with Crippen LogP contribution in [0.5, 0.6) is 0 Å². The van der Waals surface area contributed by atoms with Gasteiger partial charge in [-0.2, -0.15) is 0 Å². The number of amidine groups is 1. The monoisotopic (exact) mass is 111 g/mol. The molecule has 3 nitrogen and oxygen atoms in total. The fourth-order valence-corrected chi connectivity index (χ4v) is 0.180. The zero-order valence-electron chi connectivity index (χ0n) is 4.81. The number of hydrogen-bond donors (Lipinski definition) is 2. The van der Waals surface area contributed by atoms with E-state index in [1.165, 1.54) is 0 Å². The molecule has 0 radical (unpaired) electrons. The Balaban J connectivity index is 3.99. The highest BCUT2D eigenvalue weighted by molar-refractivity contribution is 5.99.